The highest BCUT2D eigenvalue weighted by atomic mass is 15.1. The number of benzene rings is 9. The van der Waals surface area contributed by atoms with Crippen LogP contribution in [-0.2, 0) is 6.42 Å². The Kier molecular flexibility index (Phi) is 12.8. The molecule has 3 unspecified atom stereocenters. The second-order valence-corrected chi connectivity index (χ2v) is 21.9. The number of hydrogen-bond donors (Lipinski definition) is 0. The molecule has 11 aromatic rings. The van der Waals surface area contributed by atoms with Gasteiger partial charge in [-0.2, -0.15) is 0 Å². The molecule has 0 bridgehead atoms. The Morgan fingerprint density at radius 3 is 1.85 bits per heavy atom. The fourth-order valence-electron chi connectivity index (χ4n) is 13.2. The van der Waals surface area contributed by atoms with E-state index >= 15 is 0 Å². The Morgan fingerprint density at radius 2 is 1.11 bits per heavy atom. The van der Waals surface area contributed by atoms with Gasteiger partial charge in [0, 0.05) is 49.8 Å². The topological polar surface area (TPSA) is 13.1 Å². The van der Waals surface area contributed by atoms with Crippen molar-refractivity contribution in [3.05, 3.63) is 299 Å². The zero-order chi connectivity index (χ0) is 52.7. The van der Waals surface area contributed by atoms with Crippen LogP contribution in [0.25, 0.3) is 78.5 Å². The molecule has 0 fully saturated rings. The van der Waals surface area contributed by atoms with E-state index in [1.165, 1.54) is 99.2 Å². The molecule has 79 heavy (non-hydrogen) atoms. The summed E-state index contributed by atoms with van der Waals surface area (Å²) >= 11 is 0. The van der Waals surface area contributed by atoms with Gasteiger partial charge in [-0.15, -0.1) is 0 Å². The van der Waals surface area contributed by atoms with Crippen molar-refractivity contribution in [3.8, 4) is 22.5 Å². The summed E-state index contributed by atoms with van der Waals surface area (Å²) in [5.74, 6) is 0.998. The van der Waals surface area contributed by atoms with Crippen LogP contribution in [0.5, 0.6) is 0 Å². The number of nitrogens with zero attached hydrogens (tertiary/aromatic N) is 3. The standard InChI is InChI=1S/C76H63N3/c1-53-48-76-72(69-33-15-17-35-74(69)79(76)63-29-12-5-13-30-63)52-70(53)67(61-26-18-24-59(49-61)55-20-6-2-7-21-55)46-38-54-36-39-57(40-37-54)58-41-43-64(44-42-58)77(65-31-19-25-60(50-65)56-22-8-3-9-23-56)66-45-47-75-71(51-66)68-32-14-16-34-73(68)78(75)62-27-10-4-11-28-62/h2-6,8-18,20,22-24,26-37,39-45,47-53,67,70H,7,19,21,25,38,46H2,1H3. The molecule has 0 N–H and O–H groups in total. The Morgan fingerprint density at radius 1 is 0.494 bits per heavy atom. The fourth-order valence-corrected chi connectivity index (χ4v) is 13.2. The number of anilines is 2. The molecule has 3 aliphatic rings. The van der Waals surface area contributed by atoms with Crippen LogP contribution < -0.4 is 15.5 Å². The highest BCUT2D eigenvalue weighted by Gasteiger charge is 2.30. The van der Waals surface area contributed by atoms with Crippen LogP contribution in [-0.4, -0.2) is 9.13 Å². The lowest BCUT2D eigenvalue weighted by molar-refractivity contribution is 0.429. The first kappa shape index (κ1) is 48.2. The van der Waals surface area contributed by atoms with E-state index < -0.39 is 0 Å². The van der Waals surface area contributed by atoms with Crippen molar-refractivity contribution in [1.29, 1.82) is 0 Å². The number of rotatable bonds is 13. The second-order valence-electron chi connectivity index (χ2n) is 21.9. The molecule has 0 saturated carbocycles. The normalized spacial score (nSPS) is 16.4. The van der Waals surface area contributed by atoms with Crippen molar-refractivity contribution in [1.82, 2.24) is 9.13 Å². The van der Waals surface area contributed by atoms with Gasteiger partial charge in [0.05, 0.1) is 21.9 Å². The SMILES string of the molecule is CC1C=c2c(c3ccccc3n2-c2ccccc2)=CC1C(CCc1ccc(-c2ccc(N(C3=CCCC(c4ccccc4)=C3)c3ccc4c(c3)c3ccccc3n4-c3ccccc3)cc2)cc1)c1cccc(C2=CC=CCC2)c1. The van der Waals surface area contributed by atoms with Crippen LogP contribution >= 0.6 is 0 Å². The van der Waals surface area contributed by atoms with E-state index in [2.05, 4.69) is 294 Å². The molecule has 0 radical (unpaired) electrons. The van der Waals surface area contributed by atoms with Crippen LogP contribution in [0.2, 0.25) is 0 Å². The van der Waals surface area contributed by atoms with Crippen molar-refractivity contribution in [2.24, 2.45) is 11.8 Å². The maximum absolute atomic E-state index is 2.64. The average Bonchev–Trinajstić information content (AvgIpc) is 4.27. The van der Waals surface area contributed by atoms with Gasteiger partial charge in [-0.05, 0) is 174 Å². The number of allylic oxidation sites excluding steroid dienone is 7. The smallest absolute Gasteiger partial charge is 0.0542 e. The van der Waals surface area contributed by atoms with Crippen molar-refractivity contribution in [2.75, 3.05) is 4.90 Å². The lowest BCUT2D eigenvalue weighted by Gasteiger charge is -2.31. The maximum Gasteiger partial charge on any atom is 0.0542 e. The highest BCUT2D eigenvalue weighted by molar-refractivity contribution is 6.10. The molecule has 382 valence electrons. The largest absolute Gasteiger partial charge is 0.311 e. The third-order valence-corrected chi connectivity index (χ3v) is 17.1. The lowest BCUT2D eigenvalue weighted by atomic mass is 9.73. The third-order valence-electron chi connectivity index (χ3n) is 17.1. The second kappa shape index (κ2) is 21.0. The van der Waals surface area contributed by atoms with E-state index in [1.54, 1.807) is 0 Å². The summed E-state index contributed by atoms with van der Waals surface area (Å²) < 4.78 is 4.87. The summed E-state index contributed by atoms with van der Waals surface area (Å²) in [5, 5.41) is 6.48. The third kappa shape index (κ3) is 9.19. The first-order chi connectivity index (χ1) is 39.1. The van der Waals surface area contributed by atoms with Crippen molar-refractivity contribution < 1.29 is 0 Å². The molecule has 14 rings (SSSR count). The summed E-state index contributed by atoms with van der Waals surface area (Å²) in [6, 6.07) is 85.5. The van der Waals surface area contributed by atoms with Gasteiger partial charge >= 0.3 is 0 Å². The van der Waals surface area contributed by atoms with Crippen LogP contribution in [0.3, 0.4) is 0 Å². The van der Waals surface area contributed by atoms with E-state index in [1.807, 2.05) is 0 Å². The van der Waals surface area contributed by atoms with Gasteiger partial charge < -0.3 is 14.0 Å². The minimum absolute atomic E-state index is 0.328. The number of aryl methyl sites for hydroxylation is 1. The summed E-state index contributed by atoms with van der Waals surface area (Å²) in [6.45, 7) is 2.44. The monoisotopic (exact) mass is 1020 g/mol. The minimum atomic E-state index is 0.328. The van der Waals surface area contributed by atoms with E-state index in [9.17, 15) is 0 Å². The number of fused-ring (bicyclic) bond motifs is 6. The van der Waals surface area contributed by atoms with Crippen molar-refractivity contribution >= 4 is 67.4 Å². The van der Waals surface area contributed by atoms with Gasteiger partial charge in [-0.3, -0.25) is 0 Å². The van der Waals surface area contributed by atoms with Crippen LogP contribution in [0.4, 0.5) is 11.4 Å². The molecule has 9 aromatic carbocycles. The minimum Gasteiger partial charge on any atom is -0.311 e. The molecule has 3 atom stereocenters. The Bertz CT molecular complexity index is 4300. The van der Waals surface area contributed by atoms with E-state index in [0.717, 1.165) is 55.6 Å². The van der Waals surface area contributed by atoms with Crippen LogP contribution in [0, 0.1) is 11.8 Å². The van der Waals surface area contributed by atoms with E-state index in [4.69, 9.17) is 0 Å². The Balaban J connectivity index is 0.784. The van der Waals surface area contributed by atoms with Gasteiger partial charge in [-0.25, -0.2) is 0 Å². The Labute approximate surface area is 464 Å². The molecule has 0 spiro atoms. The number of para-hydroxylation sites is 4. The molecule has 2 aromatic heterocycles. The predicted molar refractivity (Wildman–Crippen MR) is 334 cm³/mol. The lowest BCUT2D eigenvalue weighted by Crippen LogP contribution is -2.36. The molecule has 0 aliphatic heterocycles. The summed E-state index contributed by atoms with van der Waals surface area (Å²) in [6.07, 6.45) is 23.1. The van der Waals surface area contributed by atoms with Crippen molar-refractivity contribution in [2.45, 2.75) is 51.4 Å². The van der Waals surface area contributed by atoms with Gasteiger partial charge in [-0.1, -0.05) is 207 Å². The molecule has 3 heteroatoms. The van der Waals surface area contributed by atoms with Gasteiger partial charge in [0.25, 0.3) is 0 Å². The molecular formula is C76H63N3. The first-order valence-electron chi connectivity index (χ1n) is 28.5. The quantitative estimate of drug-likeness (QED) is 0.112. The molecule has 3 aliphatic carbocycles. The molecule has 0 amide bonds. The summed E-state index contributed by atoms with van der Waals surface area (Å²) in [7, 11) is 0. The fraction of sp³-hybridized carbons (Fsp3) is 0.132. The Hall–Kier alpha value is -9.18. The highest BCUT2D eigenvalue weighted by Crippen LogP contribution is 2.42. The molecule has 2 heterocycles. The van der Waals surface area contributed by atoms with Crippen molar-refractivity contribution in [3.63, 3.8) is 0 Å². The predicted octanol–water partition coefficient (Wildman–Crippen LogP) is 18.3. The average molecular weight is 1020 g/mol. The summed E-state index contributed by atoms with van der Waals surface area (Å²) in [5.41, 5.74) is 20.2. The van der Waals surface area contributed by atoms with E-state index in [-0.39, 0.29) is 0 Å². The summed E-state index contributed by atoms with van der Waals surface area (Å²) in [4.78, 5) is 2.46. The van der Waals surface area contributed by atoms with Gasteiger partial charge in [0.1, 0.15) is 0 Å². The zero-order valence-electron chi connectivity index (χ0n) is 44.8. The van der Waals surface area contributed by atoms with Crippen LogP contribution in [0.15, 0.2) is 267 Å². The molecule has 3 nitrogen and oxygen atoms in total. The van der Waals surface area contributed by atoms with E-state index in [0.29, 0.717) is 17.8 Å². The number of hydrogen-bond acceptors (Lipinski definition) is 1. The van der Waals surface area contributed by atoms with Crippen LogP contribution in [0.1, 0.15) is 67.2 Å². The molecular weight excluding hydrogens is 955 g/mol. The van der Waals surface area contributed by atoms with Gasteiger partial charge in [0.2, 0.25) is 0 Å². The zero-order valence-corrected chi connectivity index (χ0v) is 44.8. The maximum atomic E-state index is 2.64. The van der Waals surface area contributed by atoms with Gasteiger partial charge in [0.15, 0.2) is 0 Å². The first-order valence-corrected chi connectivity index (χ1v) is 28.5. The number of aromatic nitrogens is 2. The molecule has 0 saturated heterocycles.